The number of nitriles is 1. The second-order valence-corrected chi connectivity index (χ2v) is 6.55. The number of nitrogens with zero attached hydrogens (tertiary/aromatic N) is 1. The Morgan fingerprint density at radius 2 is 1.83 bits per heavy atom. The van der Waals surface area contributed by atoms with Crippen LogP contribution in [0.5, 0.6) is 11.5 Å². The predicted molar refractivity (Wildman–Crippen MR) is 112 cm³/mol. The Morgan fingerprint density at radius 3 is 2.41 bits per heavy atom. The molecule has 0 aliphatic rings. The lowest BCUT2D eigenvalue weighted by Gasteiger charge is -2.13. The number of carbonyl (C=O) groups excluding carboxylic acids is 1. The molecule has 2 aromatic rings. The number of aromatic carboxylic acids is 1. The minimum atomic E-state index is -1.11. The fourth-order valence-electron chi connectivity index (χ4n) is 2.43. The molecule has 0 saturated heterocycles. The second-order valence-electron chi connectivity index (χ2n) is 5.70. The summed E-state index contributed by atoms with van der Waals surface area (Å²) < 4.78 is 11.7. The molecule has 0 atom stereocenters. The van der Waals surface area contributed by atoms with Gasteiger partial charge in [0.1, 0.15) is 11.6 Å². The number of amides is 1. The summed E-state index contributed by atoms with van der Waals surface area (Å²) in [6, 6.07) is 11.0. The zero-order valence-corrected chi connectivity index (χ0v) is 17.4. The average Bonchev–Trinajstić information content (AvgIpc) is 2.69. The number of ether oxygens (including phenoxy) is 2. The highest BCUT2D eigenvalue weighted by atomic mass is 79.9. The van der Waals surface area contributed by atoms with E-state index >= 15 is 0 Å². The van der Waals surface area contributed by atoms with Gasteiger partial charge in [0.2, 0.25) is 0 Å². The standard InChI is InChI=1S/C21H19BrN2O5/c1-3-28-18-10-14(17(22)11-19(18)29-4-2)8-15(12-23)20(25)24-16-7-5-6-13(9-16)21(26)27/h5-11H,3-4H2,1-2H3,(H,24,25)(H,26,27)/b15-8-. The lowest BCUT2D eigenvalue weighted by molar-refractivity contribution is -0.112. The minimum Gasteiger partial charge on any atom is -0.490 e. The van der Waals surface area contributed by atoms with E-state index in [2.05, 4.69) is 21.2 Å². The summed E-state index contributed by atoms with van der Waals surface area (Å²) in [5.74, 6) is -0.727. The highest BCUT2D eigenvalue weighted by molar-refractivity contribution is 9.10. The van der Waals surface area contributed by atoms with Crippen LogP contribution in [0.25, 0.3) is 6.08 Å². The Kier molecular flexibility index (Phi) is 7.80. The molecule has 0 saturated carbocycles. The fraction of sp³-hybridized carbons (Fsp3) is 0.190. The Morgan fingerprint density at radius 1 is 1.17 bits per heavy atom. The first-order chi connectivity index (χ1) is 13.9. The topological polar surface area (TPSA) is 109 Å². The van der Waals surface area contributed by atoms with Crippen LogP contribution in [0, 0.1) is 11.3 Å². The molecule has 8 heteroatoms. The Hall–Kier alpha value is -3.31. The SMILES string of the molecule is CCOc1cc(Br)c(/C=C(/C#N)C(=O)Nc2cccc(C(=O)O)c2)cc1OCC. The maximum absolute atomic E-state index is 12.5. The number of halogens is 1. The maximum Gasteiger partial charge on any atom is 0.335 e. The van der Waals surface area contributed by atoms with Gasteiger partial charge >= 0.3 is 5.97 Å². The third kappa shape index (κ3) is 5.83. The molecule has 0 unspecified atom stereocenters. The van der Waals surface area contributed by atoms with Crippen molar-refractivity contribution in [1.29, 1.82) is 5.26 Å². The van der Waals surface area contributed by atoms with Crippen LogP contribution in [0.4, 0.5) is 5.69 Å². The number of benzene rings is 2. The van der Waals surface area contributed by atoms with Gasteiger partial charge in [-0.2, -0.15) is 5.26 Å². The van der Waals surface area contributed by atoms with Gasteiger partial charge in [-0.05, 0) is 55.8 Å². The lowest BCUT2D eigenvalue weighted by Crippen LogP contribution is -2.14. The first-order valence-corrected chi connectivity index (χ1v) is 9.54. The monoisotopic (exact) mass is 458 g/mol. The van der Waals surface area contributed by atoms with Gasteiger partial charge in [-0.25, -0.2) is 4.79 Å². The number of hydrogen-bond donors (Lipinski definition) is 2. The average molecular weight is 459 g/mol. The first kappa shape index (κ1) is 22.0. The number of anilines is 1. The lowest BCUT2D eigenvalue weighted by atomic mass is 10.1. The van der Waals surface area contributed by atoms with E-state index in [4.69, 9.17) is 14.6 Å². The molecule has 0 fully saturated rings. The molecule has 0 aromatic heterocycles. The molecule has 0 spiro atoms. The molecule has 0 heterocycles. The predicted octanol–water partition coefficient (Wildman–Crippen LogP) is 4.49. The summed E-state index contributed by atoms with van der Waals surface area (Å²) in [6.45, 7) is 4.58. The summed E-state index contributed by atoms with van der Waals surface area (Å²) in [7, 11) is 0. The number of carboxylic acids is 1. The molecule has 0 radical (unpaired) electrons. The zero-order chi connectivity index (χ0) is 21.4. The number of nitrogens with one attached hydrogen (secondary N) is 1. The Bertz CT molecular complexity index is 995. The number of carboxylic acid groups (broad SMARTS) is 1. The summed E-state index contributed by atoms with van der Waals surface area (Å²) >= 11 is 3.42. The van der Waals surface area contributed by atoms with E-state index in [0.717, 1.165) is 0 Å². The van der Waals surface area contributed by atoms with Crippen molar-refractivity contribution in [1.82, 2.24) is 0 Å². The van der Waals surface area contributed by atoms with Gasteiger partial charge in [-0.1, -0.05) is 22.0 Å². The van der Waals surface area contributed by atoms with E-state index in [-0.39, 0.29) is 16.8 Å². The van der Waals surface area contributed by atoms with Crippen molar-refractivity contribution in [2.24, 2.45) is 0 Å². The van der Waals surface area contributed by atoms with Crippen LogP contribution < -0.4 is 14.8 Å². The molecule has 2 N–H and O–H groups in total. The molecule has 7 nitrogen and oxygen atoms in total. The number of carbonyl (C=O) groups is 2. The molecule has 2 aromatic carbocycles. The summed E-state index contributed by atoms with van der Waals surface area (Å²) in [4.78, 5) is 23.6. The molecule has 2 rings (SSSR count). The number of rotatable bonds is 8. The van der Waals surface area contributed by atoms with Crippen molar-refractivity contribution in [2.45, 2.75) is 13.8 Å². The minimum absolute atomic E-state index is 0.0286. The van der Waals surface area contributed by atoms with Gasteiger partial charge < -0.3 is 19.9 Å². The van der Waals surface area contributed by atoms with Gasteiger partial charge in [-0.15, -0.1) is 0 Å². The third-order valence-corrected chi connectivity index (χ3v) is 4.38. The van der Waals surface area contributed by atoms with Crippen LogP contribution in [0.1, 0.15) is 29.8 Å². The summed E-state index contributed by atoms with van der Waals surface area (Å²) in [5, 5.41) is 21.0. The summed E-state index contributed by atoms with van der Waals surface area (Å²) in [5.41, 5.74) is 0.707. The van der Waals surface area contributed by atoms with Crippen molar-refractivity contribution >= 4 is 39.6 Å². The van der Waals surface area contributed by atoms with Crippen LogP contribution in [0.2, 0.25) is 0 Å². The first-order valence-electron chi connectivity index (χ1n) is 8.75. The molecular formula is C21H19BrN2O5. The summed E-state index contributed by atoms with van der Waals surface area (Å²) in [6.07, 6.45) is 1.42. The van der Waals surface area contributed by atoms with Gasteiger partial charge in [-0.3, -0.25) is 4.79 Å². The molecule has 29 heavy (non-hydrogen) atoms. The van der Waals surface area contributed by atoms with E-state index in [0.29, 0.717) is 34.7 Å². The van der Waals surface area contributed by atoms with Crippen LogP contribution >= 0.6 is 15.9 Å². The van der Waals surface area contributed by atoms with Crippen molar-refractivity contribution in [3.8, 4) is 17.6 Å². The van der Waals surface area contributed by atoms with Gasteiger partial charge in [0.15, 0.2) is 11.5 Å². The van der Waals surface area contributed by atoms with Crippen molar-refractivity contribution < 1.29 is 24.2 Å². The van der Waals surface area contributed by atoms with Crippen molar-refractivity contribution in [3.63, 3.8) is 0 Å². The molecule has 1 amide bonds. The van der Waals surface area contributed by atoms with Gasteiger partial charge in [0.25, 0.3) is 5.91 Å². The van der Waals surface area contributed by atoms with Crippen LogP contribution in [-0.2, 0) is 4.79 Å². The van der Waals surface area contributed by atoms with E-state index < -0.39 is 11.9 Å². The second kappa shape index (κ2) is 10.3. The van der Waals surface area contributed by atoms with E-state index in [9.17, 15) is 14.9 Å². The zero-order valence-electron chi connectivity index (χ0n) is 15.9. The van der Waals surface area contributed by atoms with E-state index in [1.54, 1.807) is 18.2 Å². The Labute approximate surface area is 176 Å². The molecule has 0 aliphatic heterocycles. The van der Waals surface area contributed by atoms with Crippen LogP contribution in [-0.4, -0.2) is 30.2 Å². The van der Waals surface area contributed by atoms with Crippen LogP contribution in [0.15, 0.2) is 46.4 Å². The van der Waals surface area contributed by atoms with Crippen LogP contribution in [0.3, 0.4) is 0 Å². The number of hydrogen-bond acceptors (Lipinski definition) is 5. The third-order valence-electron chi connectivity index (χ3n) is 3.70. The van der Waals surface area contributed by atoms with Crippen molar-refractivity contribution in [3.05, 3.63) is 57.6 Å². The Balaban J connectivity index is 2.34. The normalized spacial score (nSPS) is 10.8. The smallest absolute Gasteiger partial charge is 0.335 e. The largest absolute Gasteiger partial charge is 0.490 e. The maximum atomic E-state index is 12.5. The molecule has 0 bridgehead atoms. The fourth-order valence-corrected chi connectivity index (χ4v) is 2.87. The molecule has 0 aliphatic carbocycles. The van der Waals surface area contributed by atoms with E-state index in [1.807, 2.05) is 19.9 Å². The highest BCUT2D eigenvalue weighted by Gasteiger charge is 2.14. The molecule has 150 valence electrons. The van der Waals surface area contributed by atoms with Gasteiger partial charge in [0, 0.05) is 10.2 Å². The van der Waals surface area contributed by atoms with E-state index in [1.165, 1.54) is 24.3 Å². The van der Waals surface area contributed by atoms with Crippen molar-refractivity contribution in [2.75, 3.05) is 18.5 Å². The quantitative estimate of drug-likeness (QED) is 0.445. The highest BCUT2D eigenvalue weighted by Crippen LogP contribution is 2.35. The van der Waals surface area contributed by atoms with Gasteiger partial charge in [0.05, 0.1) is 18.8 Å². The molecular weight excluding hydrogens is 440 g/mol.